The molecule has 1 aromatic carbocycles. The zero-order chi connectivity index (χ0) is 24.8. The second kappa shape index (κ2) is 8.72. The monoisotopic (exact) mass is 485 g/mol. The Morgan fingerprint density at radius 1 is 1.00 bits per heavy atom. The van der Waals surface area contributed by atoms with Crippen LogP contribution in [0.15, 0.2) is 61.2 Å². The van der Waals surface area contributed by atoms with Gasteiger partial charge in [0, 0.05) is 36.0 Å². The van der Waals surface area contributed by atoms with E-state index in [9.17, 15) is 13.9 Å². The summed E-state index contributed by atoms with van der Waals surface area (Å²) in [6.07, 6.45) is 6.83. The van der Waals surface area contributed by atoms with E-state index < -0.39 is 5.82 Å². The summed E-state index contributed by atoms with van der Waals surface area (Å²) in [7, 11) is 1.81. The molecule has 10 heteroatoms. The molecule has 8 nitrogen and oxygen atoms in total. The molecule has 36 heavy (non-hydrogen) atoms. The van der Waals surface area contributed by atoms with Gasteiger partial charge < -0.3 is 9.67 Å². The second-order valence-corrected chi connectivity index (χ2v) is 8.83. The van der Waals surface area contributed by atoms with Crippen LogP contribution >= 0.6 is 0 Å². The number of rotatable bonds is 6. The van der Waals surface area contributed by atoms with Gasteiger partial charge in [-0.15, -0.1) is 10.2 Å². The van der Waals surface area contributed by atoms with Crippen LogP contribution in [0.25, 0.3) is 39.6 Å². The van der Waals surface area contributed by atoms with E-state index in [2.05, 4.69) is 20.3 Å². The number of benzene rings is 1. The first-order valence-corrected chi connectivity index (χ1v) is 11.5. The first kappa shape index (κ1) is 22.2. The SMILES string of the molecule is Cn1cnnc1-c1cc(F)ccc1-c1cc(C2CC2)nc(-n2cc(-c3nc(CO)ccc3F)cn2)c1. The van der Waals surface area contributed by atoms with Crippen LogP contribution in [-0.2, 0) is 13.7 Å². The number of pyridine rings is 2. The third kappa shape index (κ3) is 4.05. The van der Waals surface area contributed by atoms with Crippen molar-refractivity contribution in [2.24, 2.45) is 7.05 Å². The van der Waals surface area contributed by atoms with Crippen molar-refractivity contribution in [2.75, 3.05) is 0 Å². The average molecular weight is 485 g/mol. The van der Waals surface area contributed by atoms with Crippen molar-refractivity contribution in [3.63, 3.8) is 0 Å². The maximum Gasteiger partial charge on any atom is 0.164 e. The molecule has 5 aromatic rings. The van der Waals surface area contributed by atoms with Gasteiger partial charge in [-0.1, -0.05) is 6.07 Å². The molecule has 0 saturated heterocycles. The van der Waals surface area contributed by atoms with Gasteiger partial charge in [-0.2, -0.15) is 5.10 Å². The molecular weight excluding hydrogens is 464 g/mol. The van der Waals surface area contributed by atoms with Crippen LogP contribution in [0.2, 0.25) is 0 Å². The molecule has 1 fully saturated rings. The quantitative estimate of drug-likeness (QED) is 0.382. The third-order valence-corrected chi connectivity index (χ3v) is 6.23. The summed E-state index contributed by atoms with van der Waals surface area (Å²) in [5.74, 6) is 0.560. The van der Waals surface area contributed by atoms with Crippen LogP contribution in [0, 0.1) is 11.6 Å². The fourth-order valence-electron chi connectivity index (χ4n) is 4.22. The number of aliphatic hydroxyl groups excluding tert-OH is 1. The molecule has 1 aliphatic rings. The number of hydrogen-bond acceptors (Lipinski definition) is 6. The van der Waals surface area contributed by atoms with Gasteiger partial charge in [0.15, 0.2) is 11.6 Å². The molecule has 0 atom stereocenters. The van der Waals surface area contributed by atoms with E-state index in [4.69, 9.17) is 4.98 Å². The molecule has 4 heterocycles. The van der Waals surface area contributed by atoms with E-state index >= 15 is 0 Å². The summed E-state index contributed by atoms with van der Waals surface area (Å²) in [5, 5.41) is 21.9. The summed E-state index contributed by atoms with van der Waals surface area (Å²) in [6, 6.07) is 11.2. The molecule has 0 bridgehead atoms. The fourth-order valence-corrected chi connectivity index (χ4v) is 4.22. The molecule has 0 spiro atoms. The lowest BCUT2D eigenvalue weighted by Gasteiger charge is -2.13. The molecule has 4 aromatic heterocycles. The lowest BCUT2D eigenvalue weighted by molar-refractivity contribution is 0.276. The number of aliphatic hydroxyl groups is 1. The van der Waals surface area contributed by atoms with Gasteiger partial charge in [-0.05, 0) is 60.4 Å². The normalized spacial score (nSPS) is 13.3. The standard InChI is InChI=1S/C26H21F2N7O/c1-34-14-29-33-26(34)21-10-18(27)4-6-20(21)16-8-23(15-2-3-15)32-24(9-16)35-12-17(11-30-35)25-22(28)7-5-19(13-36)31-25/h4-12,14-15,36H,2-3,13H2,1H3. The van der Waals surface area contributed by atoms with E-state index in [1.54, 1.807) is 27.8 Å². The molecule has 0 radical (unpaired) electrons. The molecule has 1 saturated carbocycles. The molecule has 180 valence electrons. The minimum absolute atomic E-state index is 0.106. The highest BCUT2D eigenvalue weighted by molar-refractivity contribution is 5.81. The van der Waals surface area contributed by atoms with Crippen LogP contribution in [0.4, 0.5) is 8.78 Å². The Kier molecular flexibility index (Phi) is 5.37. The van der Waals surface area contributed by atoms with E-state index in [1.165, 1.54) is 30.5 Å². The summed E-state index contributed by atoms with van der Waals surface area (Å²) in [5.41, 5.74) is 4.08. The van der Waals surface area contributed by atoms with Crippen LogP contribution in [0.5, 0.6) is 0 Å². The van der Waals surface area contributed by atoms with Gasteiger partial charge in [0.25, 0.3) is 0 Å². The van der Waals surface area contributed by atoms with Gasteiger partial charge >= 0.3 is 0 Å². The van der Waals surface area contributed by atoms with Gasteiger partial charge in [-0.3, -0.25) is 0 Å². The summed E-state index contributed by atoms with van der Waals surface area (Å²) in [4.78, 5) is 9.02. The van der Waals surface area contributed by atoms with Crippen molar-refractivity contribution in [1.29, 1.82) is 0 Å². The lowest BCUT2D eigenvalue weighted by atomic mass is 9.98. The Bertz CT molecular complexity index is 1590. The summed E-state index contributed by atoms with van der Waals surface area (Å²) >= 11 is 0. The fraction of sp³-hybridized carbons (Fsp3) is 0.192. The lowest BCUT2D eigenvalue weighted by Crippen LogP contribution is -2.02. The number of halogens is 2. The van der Waals surface area contributed by atoms with Crippen LogP contribution in [-0.4, -0.2) is 39.6 Å². The van der Waals surface area contributed by atoms with Gasteiger partial charge in [0.1, 0.15) is 23.7 Å². The number of hydrogen-bond donors (Lipinski definition) is 1. The van der Waals surface area contributed by atoms with Crippen LogP contribution in [0.1, 0.15) is 30.1 Å². The Morgan fingerprint density at radius 3 is 2.61 bits per heavy atom. The van der Waals surface area contributed by atoms with Crippen molar-refractivity contribution in [2.45, 2.75) is 25.4 Å². The van der Waals surface area contributed by atoms with Gasteiger partial charge in [0.2, 0.25) is 0 Å². The molecule has 1 N–H and O–H groups in total. The molecule has 0 unspecified atom stereocenters. The van der Waals surface area contributed by atoms with Crippen molar-refractivity contribution < 1.29 is 13.9 Å². The first-order valence-electron chi connectivity index (χ1n) is 11.5. The maximum absolute atomic E-state index is 14.5. The van der Waals surface area contributed by atoms with Gasteiger partial charge in [-0.25, -0.2) is 23.4 Å². The number of nitrogens with zero attached hydrogens (tertiary/aromatic N) is 7. The topological polar surface area (TPSA) is 94.5 Å². The zero-order valence-corrected chi connectivity index (χ0v) is 19.3. The van der Waals surface area contributed by atoms with E-state index in [0.29, 0.717) is 34.4 Å². The Balaban J connectivity index is 1.47. The highest BCUT2D eigenvalue weighted by Gasteiger charge is 2.27. The number of aryl methyl sites for hydroxylation is 1. The molecular formula is C26H21F2N7O. The highest BCUT2D eigenvalue weighted by atomic mass is 19.1. The van der Waals surface area contributed by atoms with Crippen molar-refractivity contribution in [3.05, 3.63) is 84.2 Å². The minimum atomic E-state index is -0.508. The van der Waals surface area contributed by atoms with Crippen molar-refractivity contribution in [3.8, 4) is 39.6 Å². The smallest absolute Gasteiger partial charge is 0.164 e. The first-order chi connectivity index (χ1) is 17.5. The van der Waals surface area contributed by atoms with E-state index in [1.807, 2.05) is 19.2 Å². The highest BCUT2D eigenvalue weighted by Crippen LogP contribution is 2.42. The average Bonchev–Trinajstić information content (AvgIpc) is 3.47. The van der Waals surface area contributed by atoms with Crippen LogP contribution in [0.3, 0.4) is 0 Å². The maximum atomic E-state index is 14.5. The molecule has 0 aliphatic heterocycles. The minimum Gasteiger partial charge on any atom is -0.390 e. The van der Waals surface area contributed by atoms with Crippen molar-refractivity contribution in [1.82, 2.24) is 34.5 Å². The summed E-state index contributed by atoms with van der Waals surface area (Å²) < 4.78 is 32.0. The predicted molar refractivity (Wildman–Crippen MR) is 128 cm³/mol. The van der Waals surface area contributed by atoms with Crippen LogP contribution < -0.4 is 0 Å². The largest absolute Gasteiger partial charge is 0.390 e. The number of aromatic nitrogens is 7. The van der Waals surface area contributed by atoms with E-state index in [0.717, 1.165) is 29.7 Å². The Labute approximate surface area is 204 Å². The van der Waals surface area contributed by atoms with Gasteiger partial charge in [0.05, 0.1) is 18.5 Å². The Hall–Kier alpha value is -4.31. The molecule has 6 rings (SSSR count). The zero-order valence-electron chi connectivity index (χ0n) is 19.3. The summed E-state index contributed by atoms with van der Waals surface area (Å²) in [6.45, 7) is -0.290. The Morgan fingerprint density at radius 2 is 1.86 bits per heavy atom. The van der Waals surface area contributed by atoms with E-state index in [-0.39, 0.29) is 18.1 Å². The molecule has 0 amide bonds. The predicted octanol–water partition coefficient (Wildman–Crippen LogP) is 4.44. The molecule has 1 aliphatic carbocycles. The van der Waals surface area contributed by atoms with Crippen molar-refractivity contribution >= 4 is 0 Å². The third-order valence-electron chi connectivity index (χ3n) is 6.23. The second-order valence-electron chi connectivity index (χ2n) is 8.83.